The molecule has 13 heteroatoms. The smallest absolute Gasteiger partial charge is 0.443 e. The van der Waals surface area contributed by atoms with Crippen LogP contribution < -0.4 is 5.32 Å². The molecule has 0 saturated carbocycles. The number of hydrogen-bond donors (Lipinski definition) is 1. The number of rotatable bonds is 6. The molecule has 4 aromatic rings. The van der Waals surface area contributed by atoms with Crippen LogP contribution in [0.25, 0.3) is 22.2 Å². The van der Waals surface area contributed by atoms with Crippen molar-refractivity contribution < 1.29 is 30.8 Å². The van der Waals surface area contributed by atoms with E-state index < -0.39 is 34.0 Å². The molecular weight excluding hydrogens is 511 g/mol. The van der Waals surface area contributed by atoms with Crippen molar-refractivity contribution in [3.63, 3.8) is 0 Å². The fourth-order valence-electron chi connectivity index (χ4n) is 4.15. The number of carbonyl (C=O) groups is 1. The summed E-state index contributed by atoms with van der Waals surface area (Å²) in [6.45, 7) is 0.246. The number of para-hydroxylation sites is 1. The molecule has 1 amide bonds. The largest absolute Gasteiger partial charge is 0.451 e. The standard InChI is InChI=1S/C24H20F3N5O4S/c25-24(26,27)23-30-13-17(14-31-23)18-10-15(7-8-28-18)12-29-22(33)19-5-3-9-32(19)37(34,35)21-11-16-4-1-2-6-20(16)36-21/h1-2,4,6-8,10-11,13-14,19H,3,5,9,12H2,(H,29,33). The summed E-state index contributed by atoms with van der Waals surface area (Å²) in [7, 11) is -4.03. The third kappa shape index (κ3) is 5.04. The number of fused-ring (bicyclic) bond motifs is 1. The maximum Gasteiger partial charge on any atom is 0.451 e. The molecule has 0 bridgehead atoms. The second kappa shape index (κ2) is 9.56. The Morgan fingerprint density at radius 2 is 1.86 bits per heavy atom. The van der Waals surface area contributed by atoms with Gasteiger partial charge in [0.2, 0.25) is 16.8 Å². The quantitative estimate of drug-likeness (QED) is 0.402. The van der Waals surface area contributed by atoms with Crippen LogP contribution in [0.15, 0.2) is 70.6 Å². The van der Waals surface area contributed by atoms with Gasteiger partial charge in [-0.2, -0.15) is 17.5 Å². The van der Waals surface area contributed by atoms with Crippen molar-refractivity contribution in [2.24, 2.45) is 0 Å². The van der Waals surface area contributed by atoms with Crippen LogP contribution in [-0.4, -0.2) is 46.2 Å². The predicted octanol–water partition coefficient (Wildman–Crippen LogP) is 3.77. The number of benzene rings is 1. The highest BCUT2D eigenvalue weighted by Gasteiger charge is 2.41. The zero-order valence-corrected chi connectivity index (χ0v) is 20.0. The first kappa shape index (κ1) is 24.8. The van der Waals surface area contributed by atoms with Crippen molar-refractivity contribution in [3.05, 3.63) is 72.4 Å². The Bertz CT molecular complexity index is 1520. The fraction of sp³-hybridized carbons (Fsp3) is 0.250. The number of alkyl halides is 3. The highest BCUT2D eigenvalue weighted by Crippen LogP contribution is 2.30. The lowest BCUT2D eigenvalue weighted by molar-refractivity contribution is -0.145. The van der Waals surface area contributed by atoms with Crippen LogP contribution >= 0.6 is 0 Å². The molecule has 1 aromatic carbocycles. The van der Waals surface area contributed by atoms with Gasteiger partial charge in [0.25, 0.3) is 10.0 Å². The molecule has 4 heterocycles. The minimum absolute atomic E-state index is 0.0604. The molecule has 0 radical (unpaired) electrons. The number of nitrogens with one attached hydrogen (secondary N) is 1. The van der Waals surface area contributed by atoms with Crippen LogP contribution in [0.5, 0.6) is 0 Å². The molecule has 1 fully saturated rings. The van der Waals surface area contributed by atoms with Crippen LogP contribution in [0.4, 0.5) is 13.2 Å². The van der Waals surface area contributed by atoms with Crippen molar-refractivity contribution in [2.45, 2.75) is 36.7 Å². The number of sulfonamides is 1. The van der Waals surface area contributed by atoms with Gasteiger partial charge in [0.15, 0.2) is 0 Å². The maximum absolute atomic E-state index is 13.2. The van der Waals surface area contributed by atoms with Crippen molar-refractivity contribution in [3.8, 4) is 11.3 Å². The summed E-state index contributed by atoms with van der Waals surface area (Å²) < 4.78 is 71.3. The number of nitrogens with zero attached hydrogens (tertiary/aromatic N) is 4. The Kier molecular flexibility index (Phi) is 6.42. The van der Waals surface area contributed by atoms with Crippen LogP contribution in [0, 0.1) is 0 Å². The third-order valence-corrected chi connectivity index (χ3v) is 7.73. The molecule has 192 valence electrons. The zero-order chi connectivity index (χ0) is 26.2. The van der Waals surface area contributed by atoms with Gasteiger partial charge in [-0.25, -0.2) is 18.4 Å². The van der Waals surface area contributed by atoms with Gasteiger partial charge in [0.05, 0.1) is 5.69 Å². The molecule has 1 aliphatic heterocycles. The van der Waals surface area contributed by atoms with Crippen LogP contribution in [0.3, 0.4) is 0 Å². The molecular formula is C24H20F3N5O4S. The number of amides is 1. The number of halogens is 3. The SMILES string of the molecule is O=C(NCc1ccnc(-c2cnc(C(F)(F)F)nc2)c1)C1CCCN1S(=O)(=O)c1cc2ccccc2o1. The first-order valence-electron chi connectivity index (χ1n) is 11.3. The molecule has 3 aromatic heterocycles. The average molecular weight is 532 g/mol. The highest BCUT2D eigenvalue weighted by molar-refractivity contribution is 7.89. The maximum atomic E-state index is 13.2. The lowest BCUT2D eigenvalue weighted by Gasteiger charge is -2.22. The first-order valence-corrected chi connectivity index (χ1v) is 12.7. The summed E-state index contributed by atoms with van der Waals surface area (Å²) >= 11 is 0. The summed E-state index contributed by atoms with van der Waals surface area (Å²) in [6, 6.07) is 10.7. The topological polar surface area (TPSA) is 118 Å². The average Bonchev–Trinajstić information content (AvgIpc) is 3.55. The molecule has 5 rings (SSSR count). The lowest BCUT2D eigenvalue weighted by Crippen LogP contribution is -2.45. The van der Waals surface area contributed by atoms with Gasteiger partial charge in [0, 0.05) is 48.7 Å². The second-order valence-corrected chi connectivity index (χ2v) is 10.3. The Morgan fingerprint density at radius 3 is 2.59 bits per heavy atom. The molecule has 1 N–H and O–H groups in total. The fourth-order valence-corrected chi connectivity index (χ4v) is 5.75. The monoisotopic (exact) mass is 531 g/mol. The van der Waals surface area contributed by atoms with Gasteiger partial charge >= 0.3 is 6.18 Å². The van der Waals surface area contributed by atoms with E-state index >= 15 is 0 Å². The molecule has 37 heavy (non-hydrogen) atoms. The van der Waals surface area contributed by atoms with Crippen LogP contribution in [0.1, 0.15) is 24.2 Å². The lowest BCUT2D eigenvalue weighted by atomic mass is 10.1. The summed E-state index contributed by atoms with van der Waals surface area (Å²) in [5, 5.41) is 3.18. The van der Waals surface area contributed by atoms with E-state index in [9.17, 15) is 26.4 Å². The number of hydrogen-bond acceptors (Lipinski definition) is 7. The molecule has 1 aliphatic rings. The molecule has 1 unspecified atom stereocenters. The van der Waals surface area contributed by atoms with Gasteiger partial charge in [0.1, 0.15) is 11.6 Å². The summed E-state index contributed by atoms with van der Waals surface area (Å²) in [5.41, 5.74) is 1.66. The normalized spacial score (nSPS) is 16.8. The van der Waals surface area contributed by atoms with E-state index in [0.717, 1.165) is 16.7 Å². The number of aromatic nitrogens is 3. The molecule has 1 saturated heterocycles. The molecule has 9 nitrogen and oxygen atoms in total. The van der Waals surface area contributed by atoms with Gasteiger partial charge in [-0.1, -0.05) is 18.2 Å². The highest BCUT2D eigenvalue weighted by atomic mass is 32.2. The van der Waals surface area contributed by atoms with Crippen molar-refractivity contribution in [1.82, 2.24) is 24.6 Å². The summed E-state index contributed by atoms with van der Waals surface area (Å²) in [5.74, 6) is -1.72. The Labute approximate surface area is 209 Å². The van der Waals surface area contributed by atoms with Gasteiger partial charge in [-0.3, -0.25) is 9.78 Å². The second-order valence-electron chi connectivity index (χ2n) is 8.44. The van der Waals surface area contributed by atoms with Crippen LogP contribution in [0.2, 0.25) is 0 Å². The third-order valence-electron chi connectivity index (χ3n) is 5.96. The Hall–Kier alpha value is -3.84. The minimum atomic E-state index is -4.65. The van der Waals surface area contributed by atoms with Gasteiger partial charge < -0.3 is 9.73 Å². The predicted molar refractivity (Wildman–Crippen MR) is 125 cm³/mol. The van der Waals surface area contributed by atoms with E-state index in [0.29, 0.717) is 35.1 Å². The van der Waals surface area contributed by atoms with E-state index in [1.807, 2.05) is 0 Å². The van der Waals surface area contributed by atoms with Gasteiger partial charge in [-0.05, 0) is 36.6 Å². The van der Waals surface area contributed by atoms with E-state index in [-0.39, 0.29) is 23.7 Å². The molecule has 1 atom stereocenters. The number of carbonyl (C=O) groups excluding carboxylic acids is 1. The van der Waals surface area contributed by atoms with E-state index in [1.165, 1.54) is 12.3 Å². The molecule has 0 spiro atoms. The van der Waals surface area contributed by atoms with Crippen molar-refractivity contribution in [1.29, 1.82) is 0 Å². The molecule has 0 aliphatic carbocycles. The van der Waals surface area contributed by atoms with Crippen LogP contribution in [-0.2, 0) is 27.5 Å². The van der Waals surface area contributed by atoms with Gasteiger partial charge in [-0.15, -0.1) is 0 Å². The number of pyridine rings is 1. The van der Waals surface area contributed by atoms with E-state index in [4.69, 9.17) is 4.42 Å². The summed E-state index contributed by atoms with van der Waals surface area (Å²) in [4.78, 5) is 23.8. The van der Waals surface area contributed by atoms with Crippen molar-refractivity contribution >= 4 is 26.9 Å². The van der Waals surface area contributed by atoms with E-state index in [2.05, 4.69) is 20.3 Å². The number of furan rings is 1. The summed E-state index contributed by atoms with van der Waals surface area (Å²) in [6.07, 6.45) is -0.271. The Balaban J connectivity index is 1.28. The van der Waals surface area contributed by atoms with Crippen molar-refractivity contribution in [2.75, 3.05) is 6.54 Å². The minimum Gasteiger partial charge on any atom is -0.443 e. The van der Waals surface area contributed by atoms with E-state index in [1.54, 1.807) is 36.4 Å². The first-order chi connectivity index (χ1) is 17.6. The Morgan fingerprint density at radius 1 is 1.11 bits per heavy atom. The zero-order valence-electron chi connectivity index (χ0n) is 19.1.